The van der Waals surface area contributed by atoms with E-state index < -0.39 is 0 Å². The second-order valence-corrected chi connectivity index (χ2v) is 4.30. The van der Waals surface area contributed by atoms with E-state index in [0.29, 0.717) is 12.0 Å². The average Bonchev–Trinajstić information content (AvgIpc) is 2.49. The Morgan fingerprint density at radius 1 is 1.10 bits per heavy atom. The van der Waals surface area contributed by atoms with Gasteiger partial charge in [0, 0.05) is 23.5 Å². The molecule has 0 fully saturated rings. The predicted octanol–water partition coefficient (Wildman–Crippen LogP) is 3.65. The number of carbonyl (C=O) groups is 1. The SMILES string of the molecule is CCC(=O)Nc1ccc(Nc2cccc(C#N)c2)cc1. The fourth-order valence-electron chi connectivity index (χ4n) is 1.72. The minimum absolute atomic E-state index is 0.00701. The zero-order valence-electron chi connectivity index (χ0n) is 11.2. The molecule has 0 radical (unpaired) electrons. The van der Waals surface area contributed by atoms with Crippen molar-refractivity contribution in [2.75, 3.05) is 10.6 Å². The summed E-state index contributed by atoms with van der Waals surface area (Å²) in [5, 5.41) is 14.9. The Bertz CT molecular complexity index is 642. The van der Waals surface area contributed by atoms with Crippen LogP contribution >= 0.6 is 0 Å². The maximum Gasteiger partial charge on any atom is 0.224 e. The van der Waals surface area contributed by atoms with Gasteiger partial charge in [0.15, 0.2) is 0 Å². The second kappa shape index (κ2) is 6.39. The molecule has 1 amide bonds. The van der Waals surface area contributed by atoms with Crippen molar-refractivity contribution in [1.29, 1.82) is 5.26 Å². The molecule has 2 aromatic rings. The van der Waals surface area contributed by atoms with E-state index in [-0.39, 0.29) is 5.91 Å². The highest BCUT2D eigenvalue weighted by Gasteiger charge is 2.00. The molecule has 0 spiro atoms. The third-order valence-corrected chi connectivity index (χ3v) is 2.77. The van der Waals surface area contributed by atoms with Crippen molar-refractivity contribution in [2.45, 2.75) is 13.3 Å². The van der Waals surface area contributed by atoms with Crippen LogP contribution in [0.2, 0.25) is 0 Å². The van der Waals surface area contributed by atoms with Crippen LogP contribution in [-0.2, 0) is 4.79 Å². The summed E-state index contributed by atoms with van der Waals surface area (Å²) >= 11 is 0. The van der Waals surface area contributed by atoms with Crippen LogP contribution in [0, 0.1) is 11.3 Å². The Labute approximate surface area is 118 Å². The molecular formula is C16H15N3O. The fourth-order valence-corrected chi connectivity index (χ4v) is 1.72. The number of carbonyl (C=O) groups excluding carboxylic acids is 1. The van der Waals surface area contributed by atoms with Gasteiger partial charge >= 0.3 is 0 Å². The smallest absolute Gasteiger partial charge is 0.224 e. The quantitative estimate of drug-likeness (QED) is 0.886. The van der Waals surface area contributed by atoms with Gasteiger partial charge in [-0.3, -0.25) is 4.79 Å². The van der Waals surface area contributed by atoms with Gasteiger partial charge in [-0.2, -0.15) is 5.26 Å². The molecule has 20 heavy (non-hydrogen) atoms. The Morgan fingerprint density at radius 3 is 2.45 bits per heavy atom. The molecule has 0 aromatic heterocycles. The van der Waals surface area contributed by atoms with E-state index in [1.807, 2.05) is 43.3 Å². The summed E-state index contributed by atoms with van der Waals surface area (Å²) in [5.41, 5.74) is 3.14. The number of hydrogen-bond donors (Lipinski definition) is 2. The molecule has 0 unspecified atom stereocenters. The van der Waals surface area contributed by atoms with Crippen LogP contribution in [0.25, 0.3) is 0 Å². The van der Waals surface area contributed by atoms with Crippen molar-refractivity contribution in [3.8, 4) is 6.07 Å². The summed E-state index contributed by atoms with van der Waals surface area (Å²) in [6.07, 6.45) is 0.459. The molecule has 0 saturated carbocycles. The highest BCUT2D eigenvalue weighted by atomic mass is 16.1. The van der Waals surface area contributed by atoms with E-state index in [2.05, 4.69) is 16.7 Å². The highest BCUT2D eigenvalue weighted by molar-refractivity contribution is 5.90. The van der Waals surface area contributed by atoms with Crippen LogP contribution in [-0.4, -0.2) is 5.91 Å². The number of benzene rings is 2. The fraction of sp³-hybridized carbons (Fsp3) is 0.125. The Morgan fingerprint density at radius 2 is 1.80 bits per heavy atom. The van der Waals surface area contributed by atoms with Gasteiger partial charge in [0.2, 0.25) is 5.91 Å². The summed E-state index contributed by atoms with van der Waals surface area (Å²) in [7, 11) is 0. The van der Waals surface area contributed by atoms with Crippen LogP contribution in [0.1, 0.15) is 18.9 Å². The minimum Gasteiger partial charge on any atom is -0.355 e. The molecule has 2 N–H and O–H groups in total. The molecule has 100 valence electrons. The number of hydrogen-bond acceptors (Lipinski definition) is 3. The van der Waals surface area contributed by atoms with Crippen LogP contribution in [0.4, 0.5) is 17.1 Å². The standard InChI is InChI=1S/C16H15N3O/c1-2-16(20)19-14-8-6-13(7-9-14)18-15-5-3-4-12(10-15)11-17/h3-10,18H,2H2,1H3,(H,19,20). The first-order valence-electron chi connectivity index (χ1n) is 6.38. The first-order valence-corrected chi connectivity index (χ1v) is 6.38. The molecule has 4 heteroatoms. The van der Waals surface area contributed by atoms with Crippen LogP contribution < -0.4 is 10.6 Å². The molecule has 2 rings (SSSR count). The van der Waals surface area contributed by atoms with E-state index in [0.717, 1.165) is 17.1 Å². The highest BCUT2D eigenvalue weighted by Crippen LogP contribution is 2.19. The number of anilines is 3. The maximum absolute atomic E-state index is 11.3. The van der Waals surface area contributed by atoms with Gasteiger partial charge < -0.3 is 10.6 Å². The molecule has 0 bridgehead atoms. The first kappa shape index (κ1) is 13.6. The zero-order valence-corrected chi connectivity index (χ0v) is 11.2. The Balaban J connectivity index is 2.07. The maximum atomic E-state index is 11.3. The molecule has 0 atom stereocenters. The number of rotatable bonds is 4. The molecule has 0 heterocycles. The lowest BCUT2D eigenvalue weighted by Gasteiger charge is -2.08. The van der Waals surface area contributed by atoms with Crippen molar-refractivity contribution in [3.05, 3.63) is 54.1 Å². The van der Waals surface area contributed by atoms with Crippen LogP contribution in [0.3, 0.4) is 0 Å². The summed E-state index contributed by atoms with van der Waals surface area (Å²) in [6.45, 7) is 1.81. The molecule has 0 aliphatic carbocycles. The number of nitriles is 1. The van der Waals surface area contributed by atoms with Crippen molar-refractivity contribution in [1.82, 2.24) is 0 Å². The van der Waals surface area contributed by atoms with Gasteiger partial charge in [0.1, 0.15) is 0 Å². The molecule has 0 saturated heterocycles. The third-order valence-electron chi connectivity index (χ3n) is 2.77. The largest absolute Gasteiger partial charge is 0.355 e. The van der Waals surface area contributed by atoms with Gasteiger partial charge in [-0.1, -0.05) is 13.0 Å². The Hall–Kier alpha value is -2.80. The van der Waals surface area contributed by atoms with Crippen molar-refractivity contribution >= 4 is 23.0 Å². The van der Waals surface area contributed by atoms with Crippen LogP contribution in [0.5, 0.6) is 0 Å². The van der Waals surface area contributed by atoms with Gasteiger partial charge in [0.25, 0.3) is 0 Å². The van der Waals surface area contributed by atoms with Gasteiger partial charge in [-0.05, 0) is 42.5 Å². The number of nitrogens with one attached hydrogen (secondary N) is 2. The zero-order chi connectivity index (χ0) is 14.4. The molecular weight excluding hydrogens is 250 g/mol. The van der Waals surface area contributed by atoms with Gasteiger partial charge in [-0.25, -0.2) is 0 Å². The minimum atomic E-state index is -0.00701. The molecule has 0 aliphatic rings. The van der Waals surface area contributed by atoms with E-state index in [1.165, 1.54) is 0 Å². The molecule has 2 aromatic carbocycles. The number of amides is 1. The molecule has 4 nitrogen and oxygen atoms in total. The van der Waals surface area contributed by atoms with Crippen molar-refractivity contribution in [3.63, 3.8) is 0 Å². The van der Waals surface area contributed by atoms with Crippen molar-refractivity contribution in [2.24, 2.45) is 0 Å². The van der Waals surface area contributed by atoms with E-state index in [1.54, 1.807) is 12.1 Å². The predicted molar refractivity (Wildman–Crippen MR) is 79.8 cm³/mol. The normalized spacial score (nSPS) is 9.60. The van der Waals surface area contributed by atoms with Gasteiger partial charge in [0.05, 0.1) is 11.6 Å². The van der Waals surface area contributed by atoms with E-state index in [4.69, 9.17) is 5.26 Å². The lowest BCUT2D eigenvalue weighted by Crippen LogP contribution is -2.09. The summed E-state index contributed by atoms with van der Waals surface area (Å²) < 4.78 is 0. The van der Waals surface area contributed by atoms with E-state index in [9.17, 15) is 4.79 Å². The topological polar surface area (TPSA) is 64.9 Å². The number of nitrogens with zero attached hydrogens (tertiary/aromatic N) is 1. The summed E-state index contributed by atoms with van der Waals surface area (Å²) in [6, 6.07) is 16.8. The lowest BCUT2D eigenvalue weighted by molar-refractivity contribution is -0.115. The summed E-state index contributed by atoms with van der Waals surface area (Å²) in [4.78, 5) is 11.3. The molecule has 0 aliphatic heterocycles. The monoisotopic (exact) mass is 265 g/mol. The second-order valence-electron chi connectivity index (χ2n) is 4.30. The van der Waals surface area contributed by atoms with Crippen LogP contribution in [0.15, 0.2) is 48.5 Å². The van der Waals surface area contributed by atoms with E-state index >= 15 is 0 Å². The van der Waals surface area contributed by atoms with Crippen molar-refractivity contribution < 1.29 is 4.79 Å². The third kappa shape index (κ3) is 3.59. The first-order chi connectivity index (χ1) is 9.71. The summed E-state index contributed by atoms with van der Waals surface area (Å²) in [5.74, 6) is -0.00701. The lowest BCUT2D eigenvalue weighted by atomic mass is 10.2. The Kier molecular flexibility index (Phi) is 4.35. The average molecular weight is 265 g/mol. The van der Waals surface area contributed by atoms with Gasteiger partial charge in [-0.15, -0.1) is 0 Å².